The van der Waals surface area contributed by atoms with E-state index >= 15 is 0 Å². The first-order chi connectivity index (χ1) is 14.9. The summed E-state index contributed by atoms with van der Waals surface area (Å²) in [5.74, 6) is 1.13. The number of nitrogens with zero attached hydrogens (tertiary/aromatic N) is 2. The molecule has 1 saturated heterocycles. The minimum Gasteiger partial charge on any atom is -0.491 e. The first kappa shape index (κ1) is 27.5. The van der Waals surface area contributed by atoms with Gasteiger partial charge in [-0.25, -0.2) is 4.39 Å². The van der Waals surface area contributed by atoms with Crippen molar-refractivity contribution in [3.63, 3.8) is 0 Å². The van der Waals surface area contributed by atoms with Crippen molar-refractivity contribution in [2.24, 2.45) is 5.92 Å². The summed E-state index contributed by atoms with van der Waals surface area (Å²) in [5.41, 5.74) is 1.92. The van der Waals surface area contributed by atoms with E-state index in [0.29, 0.717) is 18.9 Å². The number of rotatable bonds is 8. The Morgan fingerprint density at radius 3 is 2.25 bits per heavy atom. The number of ether oxygens (including phenoxy) is 1. The Morgan fingerprint density at radius 2 is 1.72 bits per heavy atom. The fourth-order valence-corrected chi connectivity index (χ4v) is 3.80. The highest BCUT2D eigenvalue weighted by Crippen LogP contribution is 2.19. The van der Waals surface area contributed by atoms with Crippen LogP contribution in [-0.2, 0) is 17.8 Å². The van der Waals surface area contributed by atoms with E-state index in [1.54, 1.807) is 12.1 Å². The Hall–Kier alpha value is -2.51. The molecular weight excluding hydrogens is 414 g/mol. The summed E-state index contributed by atoms with van der Waals surface area (Å²) in [6, 6.07) is 14.2. The van der Waals surface area contributed by atoms with Crippen LogP contribution in [0.1, 0.15) is 31.4 Å². The van der Waals surface area contributed by atoms with Gasteiger partial charge in [-0.1, -0.05) is 24.3 Å². The van der Waals surface area contributed by atoms with Gasteiger partial charge < -0.3 is 19.6 Å². The van der Waals surface area contributed by atoms with E-state index in [0.717, 1.165) is 50.0 Å². The van der Waals surface area contributed by atoms with Crippen molar-refractivity contribution in [1.82, 2.24) is 9.80 Å². The number of carbonyl (C=O) groups is 1. The second-order valence-electron chi connectivity index (χ2n) is 8.31. The van der Waals surface area contributed by atoms with E-state index in [1.807, 2.05) is 43.0 Å². The van der Waals surface area contributed by atoms with Crippen molar-refractivity contribution >= 4 is 5.91 Å². The number of amides is 1. The van der Waals surface area contributed by atoms with Gasteiger partial charge in [-0.3, -0.25) is 9.50 Å². The Morgan fingerprint density at radius 1 is 1.12 bits per heavy atom. The van der Waals surface area contributed by atoms with Crippen LogP contribution in [0.25, 0.3) is 0 Å². The van der Waals surface area contributed by atoms with Gasteiger partial charge in [-0.05, 0) is 75.2 Å². The highest BCUT2D eigenvalue weighted by Gasteiger charge is 2.24. The van der Waals surface area contributed by atoms with Crippen molar-refractivity contribution < 1.29 is 23.7 Å². The Labute approximate surface area is 190 Å². The van der Waals surface area contributed by atoms with Crippen LogP contribution in [0.4, 0.5) is 9.09 Å². The van der Waals surface area contributed by atoms with Gasteiger partial charge in [0.15, 0.2) is 0 Å². The lowest BCUT2D eigenvalue weighted by Gasteiger charge is -2.26. The van der Waals surface area contributed by atoms with Crippen molar-refractivity contribution in [3.05, 3.63) is 65.5 Å². The van der Waals surface area contributed by atoms with Crippen LogP contribution < -0.4 is 4.74 Å². The van der Waals surface area contributed by atoms with Crippen LogP contribution in [-0.4, -0.2) is 60.7 Å². The molecule has 0 aliphatic carbocycles. The topological polar surface area (TPSA) is 53.0 Å². The molecule has 0 bridgehead atoms. The largest absolute Gasteiger partial charge is 0.491 e. The van der Waals surface area contributed by atoms with Gasteiger partial charge in [-0.15, -0.1) is 0 Å². The number of aliphatic hydroxyl groups excluding tert-OH is 1. The van der Waals surface area contributed by atoms with Crippen molar-refractivity contribution in [3.8, 4) is 5.75 Å². The zero-order valence-corrected chi connectivity index (χ0v) is 19.5. The zero-order valence-electron chi connectivity index (χ0n) is 19.5. The molecule has 1 heterocycles. The van der Waals surface area contributed by atoms with E-state index in [1.165, 1.54) is 12.1 Å². The average Bonchev–Trinajstić information content (AvgIpc) is 3.16. The third-order valence-electron chi connectivity index (χ3n) is 5.26. The minimum atomic E-state index is -0.257. The molecule has 0 radical (unpaired) electrons. The van der Waals surface area contributed by atoms with Crippen LogP contribution in [0.5, 0.6) is 5.75 Å². The molecule has 1 aliphatic rings. The molecule has 3 rings (SSSR count). The standard InChI is InChI=1S/C24H31FN2O2.CH4O.FH/c1-18(2)29-23-10-6-19(7-11-23)14-24(28)27(17-21-12-13-26(3)15-21)16-20-4-8-22(25)9-5-20;1-2;/h4-11,18,21H,12-17H2,1-3H3;2H,1H3;1H/t21-;;/m1../s1. The van der Waals surface area contributed by atoms with Crippen molar-refractivity contribution in [2.75, 3.05) is 33.8 Å². The molecule has 2 aromatic carbocycles. The monoisotopic (exact) mass is 450 g/mol. The SMILES string of the molecule is CC(C)Oc1ccc(CC(=O)N(Cc2ccc(F)cc2)C[C@@H]2CCN(C)C2)cc1.CO.F. The maximum atomic E-state index is 13.3. The van der Waals surface area contributed by atoms with Gasteiger partial charge in [0.05, 0.1) is 12.5 Å². The van der Waals surface area contributed by atoms with Crippen LogP contribution in [0.15, 0.2) is 48.5 Å². The van der Waals surface area contributed by atoms with Gasteiger partial charge in [-0.2, -0.15) is 0 Å². The summed E-state index contributed by atoms with van der Waals surface area (Å²) < 4.78 is 18.9. The highest BCUT2D eigenvalue weighted by molar-refractivity contribution is 5.78. The molecule has 1 N–H and O–H groups in total. The number of benzene rings is 2. The fourth-order valence-electron chi connectivity index (χ4n) is 3.80. The normalized spacial score (nSPS) is 15.5. The van der Waals surface area contributed by atoms with E-state index < -0.39 is 0 Å². The maximum Gasteiger partial charge on any atom is 0.227 e. The fraction of sp³-hybridized carbons (Fsp3) is 0.480. The van der Waals surface area contributed by atoms with Crippen molar-refractivity contribution in [1.29, 1.82) is 0 Å². The van der Waals surface area contributed by atoms with E-state index in [2.05, 4.69) is 11.9 Å². The minimum absolute atomic E-state index is 0. The summed E-state index contributed by atoms with van der Waals surface area (Å²) in [7, 11) is 3.12. The zero-order chi connectivity index (χ0) is 22.8. The molecule has 178 valence electrons. The summed E-state index contributed by atoms with van der Waals surface area (Å²) >= 11 is 0. The number of hydrogen-bond acceptors (Lipinski definition) is 4. The Kier molecular flexibility index (Phi) is 11.9. The molecule has 1 fully saturated rings. The first-order valence-corrected chi connectivity index (χ1v) is 10.8. The number of carbonyl (C=O) groups excluding carboxylic acids is 1. The lowest BCUT2D eigenvalue weighted by atomic mass is 10.1. The summed E-state index contributed by atoms with van der Waals surface area (Å²) in [6.45, 7) is 7.30. The third kappa shape index (κ3) is 8.93. The number of hydrogen-bond donors (Lipinski definition) is 1. The molecule has 0 unspecified atom stereocenters. The lowest BCUT2D eigenvalue weighted by Crippen LogP contribution is -2.36. The highest BCUT2D eigenvalue weighted by atomic mass is 19.1. The summed E-state index contributed by atoms with van der Waals surface area (Å²) in [5, 5.41) is 7.00. The van der Waals surface area contributed by atoms with Gasteiger partial charge in [0.2, 0.25) is 5.91 Å². The maximum absolute atomic E-state index is 13.3. The molecule has 1 amide bonds. The smallest absolute Gasteiger partial charge is 0.227 e. The van der Waals surface area contributed by atoms with E-state index in [4.69, 9.17) is 9.84 Å². The van der Waals surface area contributed by atoms with Gasteiger partial charge in [0.25, 0.3) is 0 Å². The molecule has 0 aromatic heterocycles. The second-order valence-corrected chi connectivity index (χ2v) is 8.31. The average molecular weight is 451 g/mol. The summed E-state index contributed by atoms with van der Waals surface area (Å²) in [4.78, 5) is 17.4. The molecular formula is C25H36F2N2O3. The molecule has 1 atom stereocenters. The Bertz CT molecular complexity index is 798. The second kappa shape index (κ2) is 13.8. The molecule has 32 heavy (non-hydrogen) atoms. The van der Waals surface area contributed by atoms with Crippen molar-refractivity contribution in [2.45, 2.75) is 39.3 Å². The third-order valence-corrected chi connectivity index (χ3v) is 5.26. The summed E-state index contributed by atoms with van der Waals surface area (Å²) in [6.07, 6.45) is 1.58. The van der Waals surface area contributed by atoms with E-state index in [-0.39, 0.29) is 22.5 Å². The first-order valence-electron chi connectivity index (χ1n) is 10.8. The van der Waals surface area contributed by atoms with Crippen LogP contribution >= 0.6 is 0 Å². The van der Waals surface area contributed by atoms with E-state index in [9.17, 15) is 9.18 Å². The van der Waals surface area contributed by atoms with Gasteiger partial charge in [0, 0.05) is 26.7 Å². The molecule has 1 aliphatic heterocycles. The molecule has 5 nitrogen and oxygen atoms in total. The molecule has 2 aromatic rings. The molecule has 0 spiro atoms. The Balaban J connectivity index is 0.00000166. The van der Waals surface area contributed by atoms with Gasteiger partial charge in [0.1, 0.15) is 11.6 Å². The lowest BCUT2D eigenvalue weighted by molar-refractivity contribution is -0.131. The number of likely N-dealkylation sites (tertiary alicyclic amines) is 1. The predicted molar refractivity (Wildman–Crippen MR) is 124 cm³/mol. The number of halogens is 2. The van der Waals surface area contributed by atoms with Gasteiger partial charge >= 0.3 is 0 Å². The quantitative estimate of drug-likeness (QED) is 0.663. The number of aliphatic hydroxyl groups is 1. The van der Waals surface area contributed by atoms with Crippen LogP contribution in [0.2, 0.25) is 0 Å². The van der Waals surface area contributed by atoms with Crippen LogP contribution in [0, 0.1) is 11.7 Å². The van der Waals surface area contributed by atoms with Crippen LogP contribution in [0.3, 0.4) is 0 Å². The predicted octanol–water partition coefficient (Wildman–Crippen LogP) is 3.90. The molecule has 0 saturated carbocycles. The molecule has 7 heteroatoms.